The molecule has 2 aliphatic heterocycles. The zero-order chi connectivity index (χ0) is 29.6. The van der Waals surface area contributed by atoms with E-state index in [0.29, 0.717) is 25.3 Å². The maximum atomic E-state index is 13.9. The number of hydrogen-bond donors (Lipinski definition) is 1. The van der Waals surface area contributed by atoms with Crippen molar-refractivity contribution in [3.8, 4) is 11.1 Å². The molecular formula is C36H47N3O3. The Kier molecular flexibility index (Phi) is 10.1. The van der Waals surface area contributed by atoms with Gasteiger partial charge in [0.05, 0.1) is 0 Å². The van der Waals surface area contributed by atoms with Crippen LogP contribution < -0.4 is 10.2 Å². The highest BCUT2D eigenvalue weighted by molar-refractivity contribution is 6.03. The topological polar surface area (TPSA) is 61.9 Å². The maximum absolute atomic E-state index is 13.9. The maximum Gasteiger partial charge on any atom is 0.163 e. The summed E-state index contributed by atoms with van der Waals surface area (Å²) < 4.78 is 5.67. The lowest BCUT2D eigenvalue weighted by Gasteiger charge is -2.37. The molecule has 1 aliphatic carbocycles. The number of hydrogen-bond acceptors (Lipinski definition) is 6. The number of nitrogens with one attached hydrogen (secondary N) is 1. The molecule has 2 saturated heterocycles. The van der Waals surface area contributed by atoms with E-state index < -0.39 is 0 Å². The molecule has 0 radical (unpaired) electrons. The summed E-state index contributed by atoms with van der Waals surface area (Å²) in [5, 5.41) is 3.42. The summed E-state index contributed by atoms with van der Waals surface area (Å²) in [6.07, 6.45) is 5.35. The summed E-state index contributed by atoms with van der Waals surface area (Å²) in [6, 6.07) is 13.6. The first-order valence-corrected chi connectivity index (χ1v) is 15.8. The molecule has 2 aromatic carbocycles. The lowest BCUT2D eigenvalue weighted by Crippen LogP contribution is -2.42. The van der Waals surface area contributed by atoms with E-state index in [2.05, 4.69) is 71.4 Å². The van der Waals surface area contributed by atoms with Gasteiger partial charge in [-0.15, -0.1) is 0 Å². The second-order valence-electron chi connectivity index (χ2n) is 12.2. The largest absolute Gasteiger partial charge is 0.381 e. The van der Waals surface area contributed by atoms with Crippen LogP contribution in [0.2, 0.25) is 0 Å². The molecule has 0 amide bonds. The highest BCUT2D eigenvalue weighted by Crippen LogP contribution is 2.35. The molecule has 5 rings (SSSR count). The Bertz CT molecular complexity index is 1350. The van der Waals surface area contributed by atoms with Gasteiger partial charge >= 0.3 is 0 Å². The second-order valence-corrected chi connectivity index (χ2v) is 12.2. The van der Waals surface area contributed by atoms with Crippen molar-refractivity contribution < 1.29 is 14.3 Å². The van der Waals surface area contributed by atoms with Crippen LogP contribution in [-0.4, -0.2) is 68.4 Å². The van der Waals surface area contributed by atoms with Gasteiger partial charge in [-0.25, -0.2) is 0 Å². The van der Waals surface area contributed by atoms with Crippen molar-refractivity contribution in [3.05, 3.63) is 75.9 Å². The normalized spacial score (nSPS) is 18.8. The minimum absolute atomic E-state index is 0.105. The number of nitrogens with zero attached hydrogens (tertiary/aromatic N) is 2. The van der Waals surface area contributed by atoms with Crippen molar-refractivity contribution in [2.45, 2.75) is 72.4 Å². The zero-order valence-corrected chi connectivity index (χ0v) is 25.9. The number of ether oxygens (including phenoxy) is 1. The molecule has 0 saturated carbocycles. The third kappa shape index (κ3) is 7.11. The van der Waals surface area contributed by atoms with E-state index in [1.165, 1.54) is 5.56 Å². The number of ketones is 2. The molecular weight excluding hydrogens is 522 g/mol. The van der Waals surface area contributed by atoms with E-state index in [9.17, 15) is 9.59 Å². The number of allylic oxidation sites excluding steroid dienone is 4. The van der Waals surface area contributed by atoms with Gasteiger partial charge < -0.3 is 15.0 Å². The Balaban J connectivity index is 1.45. The molecule has 3 aliphatic rings. The van der Waals surface area contributed by atoms with Crippen molar-refractivity contribution in [2.75, 3.05) is 50.8 Å². The Morgan fingerprint density at radius 1 is 1.02 bits per heavy atom. The van der Waals surface area contributed by atoms with Crippen LogP contribution in [0.15, 0.2) is 59.2 Å². The average Bonchev–Trinajstić information content (AvgIpc) is 2.99. The van der Waals surface area contributed by atoms with Gasteiger partial charge in [0.25, 0.3) is 0 Å². The van der Waals surface area contributed by atoms with Gasteiger partial charge in [-0.05, 0) is 92.5 Å². The van der Waals surface area contributed by atoms with Crippen LogP contribution in [0.5, 0.6) is 0 Å². The van der Waals surface area contributed by atoms with E-state index >= 15 is 0 Å². The van der Waals surface area contributed by atoms with Crippen LogP contribution in [0.4, 0.5) is 5.69 Å². The van der Waals surface area contributed by atoms with Crippen molar-refractivity contribution in [1.29, 1.82) is 0 Å². The van der Waals surface area contributed by atoms with E-state index in [1.54, 1.807) is 0 Å². The van der Waals surface area contributed by atoms with Gasteiger partial charge in [0.2, 0.25) is 0 Å². The number of anilines is 1. The SMILES string of the molecule is CCN(c1cc(-c2ccc(CN3CCNCC3)cc2)cc(C(=O)CCC2=C(C)C=C(C)CC2=O)c1C)C1CCOCC1. The van der Waals surface area contributed by atoms with Gasteiger partial charge in [0, 0.05) is 82.6 Å². The van der Waals surface area contributed by atoms with Crippen molar-refractivity contribution in [1.82, 2.24) is 10.2 Å². The lowest BCUT2D eigenvalue weighted by atomic mass is 9.87. The lowest BCUT2D eigenvalue weighted by molar-refractivity contribution is -0.115. The number of Topliss-reactive ketones (excluding diaryl/α,β-unsaturated/α-hetero) is 2. The molecule has 0 unspecified atom stereocenters. The Morgan fingerprint density at radius 3 is 2.40 bits per heavy atom. The molecule has 224 valence electrons. The molecule has 2 aromatic rings. The first kappa shape index (κ1) is 30.4. The van der Waals surface area contributed by atoms with Crippen LogP contribution in [0.25, 0.3) is 11.1 Å². The fraction of sp³-hybridized carbons (Fsp3) is 0.500. The standard InChI is InChI=1S/C36H47N3O3/c1-5-39(31-12-18-42-19-13-31)34-23-30(29-8-6-28(7-9-29)24-38-16-14-37-15-17-38)22-33(27(34)4)35(40)11-10-32-26(3)20-25(2)21-36(32)41/h6-9,20,22-23,31,37H,5,10-19,21,24H2,1-4H3. The number of piperazine rings is 1. The fourth-order valence-corrected chi connectivity index (χ4v) is 6.80. The molecule has 42 heavy (non-hydrogen) atoms. The highest BCUT2D eigenvalue weighted by Gasteiger charge is 2.26. The predicted molar refractivity (Wildman–Crippen MR) is 171 cm³/mol. The minimum Gasteiger partial charge on any atom is -0.381 e. The van der Waals surface area contributed by atoms with Crippen LogP contribution in [0.3, 0.4) is 0 Å². The molecule has 2 heterocycles. The first-order valence-electron chi connectivity index (χ1n) is 15.8. The predicted octanol–water partition coefficient (Wildman–Crippen LogP) is 6.27. The fourth-order valence-electron chi connectivity index (χ4n) is 6.80. The zero-order valence-electron chi connectivity index (χ0n) is 25.9. The molecule has 6 heteroatoms. The van der Waals surface area contributed by atoms with Crippen molar-refractivity contribution in [3.63, 3.8) is 0 Å². The molecule has 1 N–H and O–H groups in total. The van der Waals surface area contributed by atoms with E-state index in [0.717, 1.165) is 110 Å². The minimum atomic E-state index is 0.105. The molecule has 0 bridgehead atoms. The summed E-state index contributed by atoms with van der Waals surface area (Å²) >= 11 is 0. The van der Waals surface area contributed by atoms with Gasteiger partial charge in [-0.2, -0.15) is 0 Å². The first-order chi connectivity index (χ1) is 20.3. The molecule has 0 spiro atoms. The third-order valence-electron chi connectivity index (χ3n) is 9.18. The van der Waals surface area contributed by atoms with Gasteiger partial charge in [0.15, 0.2) is 11.6 Å². The summed E-state index contributed by atoms with van der Waals surface area (Å²) in [5.74, 6) is 0.261. The quantitative estimate of drug-likeness (QED) is 0.340. The summed E-state index contributed by atoms with van der Waals surface area (Å²) in [6.45, 7) is 15.9. The van der Waals surface area contributed by atoms with Gasteiger partial charge in [0.1, 0.15) is 0 Å². The molecule has 0 atom stereocenters. The van der Waals surface area contributed by atoms with Crippen molar-refractivity contribution >= 4 is 17.3 Å². The average molecular weight is 570 g/mol. The van der Waals surface area contributed by atoms with Crippen molar-refractivity contribution in [2.24, 2.45) is 0 Å². The summed E-state index contributed by atoms with van der Waals surface area (Å²) in [4.78, 5) is 31.6. The molecule has 6 nitrogen and oxygen atoms in total. The summed E-state index contributed by atoms with van der Waals surface area (Å²) in [5.41, 5.74) is 9.34. The Morgan fingerprint density at radius 2 is 1.74 bits per heavy atom. The number of carbonyl (C=O) groups excluding carboxylic acids is 2. The Labute approximate surface area is 251 Å². The van der Waals surface area contributed by atoms with E-state index in [-0.39, 0.29) is 11.6 Å². The van der Waals surface area contributed by atoms with Gasteiger partial charge in [-0.3, -0.25) is 14.5 Å². The van der Waals surface area contributed by atoms with E-state index in [4.69, 9.17) is 4.74 Å². The van der Waals surface area contributed by atoms with Gasteiger partial charge in [-0.1, -0.05) is 35.9 Å². The van der Waals surface area contributed by atoms with Crippen LogP contribution in [0, 0.1) is 6.92 Å². The highest BCUT2D eigenvalue weighted by atomic mass is 16.5. The summed E-state index contributed by atoms with van der Waals surface area (Å²) in [7, 11) is 0. The van der Waals surface area contributed by atoms with Crippen LogP contribution in [-0.2, 0) is 16.1 Å². The smallest absolute Gasteiger partial charge is 0.163 e. The number of carbonyl (C=O) groups is 2. The third-order valence-corrected chi connectivity index (χ3v) is 9.18. The Hall–Kier alpha value is -3.06. The molecule has 0 aromatic heterocycles. The monoisotopic (exact) mass is 569 g/mol. The second kappa shape index (κ2) is 13.9. The van der Waals surface area contributed by atoms with Crippen LogP contribution in [0.1, 0.15) is 74.4 Å². The number of rotatable bonds is 10. The molecule has 2 fully saturated rings. The number of benzene rings is 2. The van der Waals surface area contributed by atoms with E-state index in [1.807, 2.05) is 13.8 Å². The van der Waals surface area contributed by atoms with Crippen LogP contribution >= 0.6 is 0 Å².